The Morgan fingerprint density at radius 1 is 1.19 bits per heavy atom. The van der Waals surface area contributed by atoms with Gasteiger partial charge in [0.2, 0.25) is 0 Å². The summed E-state index contributed by atoms with van der Waals surface area (Å²) in [5.41, 5.74) is 0.169. The molecule has 1 aromatic carbocycles. The van der Waals surface area contributed by atoms with Gasteiger partial charge >= 0.3 is 0 Å². The van der Waals surface area contributed by atoms with Gasteiger partial charge in [-0.3, -0.25) is 4.79 Å². The van der Waals surface area contributed by atoms with E-state index in [1.807, 2.05) is 41.6 Å². The molecule has 0 bridgehead atoms. The second-order valence-electron chi connectivity index (χ2n) is 8.33. The van der Waals surface area contributed by atoms with Crippen LogP contribution in [0, 0.1) is 5.41 Å². The molecule has 3 aliphatic rings. The SMILES string of the molecule is O=C(COc1ccccc1)N1CC(c2nncn2C2CC2)C2(CCCC2)C1. The maximum absolute atomic E-state index is 12.9. The first-order valence-electron chi connectivity index (χ1n) is 10.1. The van der Waals surface area contributed by atoms with Crippen LogP contribution in [-0.4, -0.2) is 45.3 Å². The van der Waals surface area contributed by atoms with Crippen LogP contribution in [0.3, 0.4) is 0 Å². The fourth-order valence-electron chi connectivity index (χ4n) is 4.99. The lowest BCUT2D eigenvalue weighted by Gasteiger charge is -2.29. The molecule has 1 amide bonds. The highest BCUT2D eigenvalue weighted by Crippen LogP contribution is 2.53. The predicted molar refractivity (Wildman–Crippen MR) is 100 cm³/mol. The number of ether oxygens (including phenoxy) is 1. The van der Waals surface area contributed by atoms with Crippen molar-refractivity contribution in [1.82, 2.24) is 19.7 Å². The summed E-state index contributed by atoms with van der Waals surface area (Å²) >= 11 is 0. The average molecular weight is 366 g/mol. The van der Waals surface area contributed by atoms with Gasteiger partial charge < -0.3 is 14.2 Å². The summed E-state index contributed by atoms with van der Waals surface area (Å²) in [6.07, 6.45) is 9.18. The van der Waals surface area contributed by atoms with E-state index in [-0.39, 0.29) is 17.9 Å². The Kier molecular flexibility index (Phi) is 4.14. The van der Waals surface area contributed by atoms with Crippen molar-refractivity contribution in [2.75, 3.05) is 19.7 Å². The number of nitrogens with zero attached hydrogens (tertiary/aromatic N) is 4. The van der Waals surface area contributed by atoms with Crippen LogP contribution in [0.4, 0.5) is 0 Å². The van der Waals surface area contributed by atoms with E-state index in [1.165, 1.54) is 38.5 Å². The lowest BCUT2D eigenvalue weighted by atomic mass is 9.76. The molecule has 2 saturated carbocycles. The van der Waals surface area contributed by atoms with Gasteiger partial charge in [-0.2, -0.15) is 0 Å². The molecule has 1 spiro atoms. The van der Waals surface area contributed by atoms with Crippen LogP contribution in [0.15, 0.2) is 36.7 Å². The molecular weight excluding hydrogens is 340 g/mol. The van der Waals surface area contributed by atoms with Crippen LogP contribution in [0.2, 0.25) is 0 Å². The number of amides is 1. The Balaban J connectivity index is 1.33. The quantitative estimate of drug-likeness (QED) is 0.815. The summed E-state index contributed by atoms with van der Waals surface area (Å²) in [5.74, 6) is 2.21. The van der Waals surface area contributed by atoms with Crippen molar-refractivity contribution >= 4 is 5.91 Å². The number of benzene rings is 1. The van der Waals surface area contributed by atoms with Gasteiger partial charge in [0.05, 0.1) is 0 Å². The minimum Gasteiger partial charge on any atom is -0.484 e. The number of carbonyl (C=O) groups is 1. The molecule has 1 unspecified atom stereocenters. The van der Waals surface area contributed by atoms with Gasteiger partial charge in [-0.1, -0.05) is 31.0 Å². The minimum atomic E-state index is 0.0742. The molecule has 6 nitrogen and oxygen atoms in total. The minimum absolute atomic E-state index is 0.0742. The Morgan fingerprint density at radius 2 is 1.96 bits per heavy atom. The van der Waals surface area contributed by atoms with Gasteiger partial charge in [0.25, 0.3) is 5.91 Å². The fourth-order valence-corrected chi connectivity index (χ4v) is 4.99. The second kappa shape index (κ2) is 6.66. The number of para-hydroxylation sites is 1. The summed E-state index contributed by atoms with van der Waals surface area (Å²) in [5, 5.41) is 8.72. The maximum Gasteiger partial charge on any atom is 0.260 e. The van der Waals surface area contributed by atoms with Gasteiger partial charge in [-0.05, 0) is 43.2 Å². The standard InChI is InChI=1S/C21H26N4O2/c26-19(13-27-17-6-2-1-3-7-17)24-12-18(21(14-24)10-4-5-11-21)20-23-22-15-25(20)16-8-9-16/h1-3,6-7,15-16,18H,4-5,8-14H2. The Hall–Kier alpha value is -2.37. The Labute approximate surface area is 159 Å². The van der Waals surface area contributed by atoms with Crippen molar-refractivity contribution < 1.29 is 9.53 Å². The molecule has 5 rings (SSSR count). The van der Waals surface area contributed by atoms with E-state index < -0.39 is 0 Å². The van der Waals surface area contributed by atoms with Gasteiger partial charge in [0, 0.05) is 25.0 Å². The summed E-state index contributed by atoms with van der Waals surface area (Å²) in [4.78, 5) is 14.9. The van der Waals surface area contributed by atoms with Crippen LogP contribution >= 0.6 is 0 Å². The van der Waals surface area contributed by atoms with Crippen LogP contribution in [0.25, 0.3) is 0 Å². The molecule has 0 radical (unpaired) electrons. The van der Waals surface area contributed by atoms with Crippen molar-refractivity contribution in [3.63, 3.8) is 0 Å². The number of hydrogen-bond donors (Lipinski definition) is 0. The topological polar surface area (TPSA) is 60.2 Å². The van der Waals surface area contributed by atoms with Crippen molar-refractivity contribution in [3.05, 3.63) is 42.5 Å². The zero-order valence-corrected chi connectivity index (χ0v) is 15.6. The number of likely N-dealkylation sites (tertiary alicyclic amines) is 1. The molecule has 6 heteroatoms. The van der Waals surface area contributed by atoms with Gasteiger partial charge in [-0.25, -0.2) is 0 Å². The molecule has 2 aliphatic carbocycles. The average Bonchev–Trinajstić information content (AvgIpc) is 3.10. The first-order valence-corrected chi connectivity index (χ1v) is 10.1. The largest absolute Gasteiger partial charge is 0.484 e. The van der Waals surface area contributed by atoms with E-state index in [2.05, 4.69) is 14.8 Å². The van der Waals surface area contributed by atoms with Crippen molar-refractivity contribution in [3.8, 4) is 5.75 Å². The zero-order chi connectivity index (χ0) is 18.3. The molecule has 1 atom stereocenters. The first-order chi connectivity index (χ1) is 13.3. The lowest BCUT2D eigenvalue weighted by Crippen LogP contribution is -2.34. The number of rotatable bonds is 5. The zero-order valence-electron chi connectivity index (χ0n) is 15.6. The highest BCUT2D eigenvalue weighted by Gasteiger charge is 2.52. The predicted octanol–water partition coefficient (Wildman–Crippen LogP) is 3.18. The molecule has 2 aromatic rings. The summed E-state index contributed by atoms with van der Waals surface area (Å²) in [7, 11) is 0. The van der Waals surface area contributed by atoms with E-state index >= 15 is 0 Å². The third kappa shape index (κ3) is 3.11. The van der Waals surface area contributed by atoms with E-state index in [0.717, 1.165) is 24.7 Å². The van der Waals surface area contributed by atoms with E-state index in [0.29, 0.717) is 12.0 Å². The Bertz CT molecular complexity index is 809. The molecule has 1 aromatic heterocycles. The molecule has 0 N–H and O–H groups in total. The monoisotopic (exact) mass is 366 g/mol. The molecule has 1 saturated heterocycles. The van der Waals surface area contributed by atoms with Crippen molar-refractivity contribution in [2.24, 2.45) is 5.41 Å². The van der Waals surface area contributed by atoms with Crippen LogP contribution in [0.5, 0.6) is 5.75 Å². The normalized spacial score (nSPS) is 23.9. The number of carbonyl (C=O) groups excluding carboxylic acids is 1. The maximum atomic E-state index is 12.9. The Morgan fingerprint density at radius 3 is 2.70 bits per heavy atom. The van der Waals surface area contributed by atoms with E-state index in [4.69, 9.17) is 4.74 Å². The molecular formula is C21H26N4O2. The summed E-state index contributed by atoms with van der Waals surface area (Å²) in [6, 6.07) is 10.1. The molecule has 3 fully saturated rings. The molecule has 1 aliphatic heterocycles. The van der Waals surface area contributed by atoms with Crippen LogP contribution in [0.1, 0.15) is 56.3 Å². The number of aromatic nitrogens is 3. The smallest absolute Gasteiger partial charge is 0.260 e. The second-order valence-corrected chi connectivity index (χ2v) is 8.33. The lowest BCUT2D eigenvalue weighted by molar-refractivity contribution is -0.132. The highest BCUT2D eigenvalue weighted by molar-refractivity contribution is 5.78. The van der Waals surface area contributed by atoms with E-state index in [1.54, 1.807) is 0 Å². The first kappa shape index (κ1) is 16.8. The van der Waals surface area contributed by atoms with Crippen molar-refractivity contribution in [1.29, 1.82) is 0 Å². The molecule has 27 heavy (non-hydrogen) atoms. The van der Waals surface area contributed by atoms with Gasteiger partial charge in [-0.15, -0.1) is 10.2 Å². The third-order valence-corrected chi connectivity index (χ3v) is 6.56. The van der Waals surface area contributed by atoms with Crippen LogP contribution < -0.4 is 4.74 Å². The number of hydrogen-bond acceptors (Lipinski definition) is 4. The van der Waals surface area contributed by atoms with Crippen molar-refractivity contribution in [2.45, 2.75) is 50.5 Å². The van der Waals surface area contributed by atoms with Crippen LogP contribution in [-0.2, 0) is 4.79 Å². The summed E-state index contributed by atoms with van der Waals surface area (Å²) in [6.45, 7) is 1.66. The molecule has 2 heterocycles. The summed E-state index contributed by atoms with van der Waals surface area (Å²) < 4.78 is 7.98. The van der Waals surface area contributed by atoms with Gasteiger partial charge in [0.15, 0.2) is 6.61 Å². The van der Waals surface area contributed by atoms with E-state index in [9.17, 15) is 4.79 Å². The molecule has 142 valence electrons. The highest BCUT2D eigenvalue weighted by atomic mass is 16.5. The third-order valence-electron chi connectivity index (χ3n) is 6.56. The fraction of sp³-hybridized carbons (Fsp3) is 0.571. The van der Waals surface area contributed by atoms with Gasteiger partial charge in [0.1, 0.15) is 17.9 Å².